The lowest BCUT2D eigenvalue weighted by Crippen LogP contribution is -2.32. The van der Waals surface area contributed by atoms with Gasteiger partial charge < -0.3 is 5.32 Å². The Labute approximate surface area is 86.7 Å². The lowest BCUT2D eigenvalue weighted by Gasteiger charge is -2.17. The molecule has 78 valence electrons. The van der Waals surface area contributed by atoms with Gasteiger partial charge in [0.25, 0.3) is 0 Å². The first-order valence-electron chi connectivity index (χ1n) is 5.84. The molecule has 1 atom stereocenters. The molecule has 0 radical (unpaired) electrons. The maximum atomic E-state index is 8.68. The van der Waals surface area contributed by atoms with Crippen molar-refractivity contribution in [2.75, 3.05) is 6.54 Å². The van der Waals surface area contributed by atoms with Gasteiger partial charge >= 0.3 is 0 Å². The second-order valence-corrected chi connectivity index (χ2v) is 5.30. The van der Waals surface area contributed by atoms with Gasteiger partial charge in [0.2, 0.25) is 0 Å². The van der Waals surface area contributed by atoms with E-state index in [4.69, 9.17) is 5.26 Å². The van der Waals surface area contributed by atoms with E-state index in [2.05, 4.69) is 18.3 Å². The smallest absolute Gasteiger partial charge is 0.0628 e. The van der Waals surface area contributed by atoms with E-state index in [1.807, 2.05) is 0 Å². The Balaban J connectivity index is 1.63. The van der Waals surface area contributed by atoms with Crippen LogP contribution >= 0.6 is 0 Å². The number of hydrogen-bond acceptors (Lipinski definition) is 2. The zero-order valence-corrected chi connectivity index (χ0v) is 9.05. The molecule has 1 N–H and O–H groups in total. The van der Waals surface area contributed by atoms with Crippen LogP contribution in [-0.4, -0.2) is 12.6 Å². The van der Waals surface area contributed by atoms with Crippen LogP contribution in [0.3, 0.4) is 0 Å². The van der Waals surface area contributed by atoms with E-state index < -0.39 is 0 Å². The molecular weight excluding hydrogens is 172 g/mol. The van der Waals surface area contributed by atoms with Crippen molar-refractivity contribution >= 4 is 0 Å². The molecule has 0 bridgehead atoms. The van der Waals surface area contributed by atoms with Gasteiger partial charge in [0.15, 0.2) is 0 Å². The zero-order valence-electron chi connectivity index (χ0n) is 9.05. The molecule has 2 rings (SSSR count). The van der Waals surface area contributed by atoms with Crippen molar-refractivity contribution in [3.8, 4) is 6.07 Å². The molecule has 2 fully saturated rings. The summed E-state index contributed by atoms with van der Waals surface area (Å²) in [4.78, 5) is 0. The van der Waals surface area contributed by atoms with Crippen molar-refractivity contribution in [2.45, 2.75) is 51.5 Å². The second-order valence-electron chi connectivity index (χ2n) is 5.30. The minimum atomic E-state index is 0.368. The Hall–Kier alpha value is -0.550. The van der Waals surface area contributed by atoms with Crippen molar-refractivity contribution in [2.24, 2.45) is 11.3 Å². The first-order chi connectivity index (χ1) is 6.74. The third-order valence-corrected chi connectivity index (χ3v) is 3.62. The fourth-order valence-electron chi connectivity index (χ4n) is 2.09. The molecule has 2 nitrogen and oxygen atoms in total. The highest BCUT2D eigenvalue weighted by atomic mass is 14.9. The highest BCUT2D eigenvalue weighted by Crippen LogP contribution is 2.48. The molecule has 0 heterocycles. The Bertz CT molecular complexity index is 233. The molecular formula is C12H20N2. The minimum absolute atomic E-state index is 0.368. The SMILES string of the molecule is CC(CC1CC1)NCC1(CC#N)CC1. The molecule has 0 aliphatic heterocycles. The Morgan fingerprint density at radius 1 is 1.50 bits per heavy atom. The van der Waals surface area contributed by atoms with Crippen molar-refractivity contribution in [3.63, 3.8) is 0 Å². The number of rotatable bonds is 6. The van der Waals surface area contributed by atoms with E-state index in [1.165, 1.54) is 32.1 Å². The Morgan fingerprint density at radius 2 is 2.21 bits per heavy atom. The molecule has 2 aliphatic carbocycles. The predicted octanol–water partition coefficient (Wildman–Crippen LogP) is 2.46. The molecule has 2 heteroatoms. The van der Waals surface area contributed by atoms with E-state index in [9.17, 15) is 0 Å². The summed E-state index contributed by atoms with van der Waals surface area (Å²) in [6.45, 7) is 3.34. The molecule has 1 unspecified atom stereocenters. The summed E-state index contributed by atoms with van der Waals surface area (Å²) in [6.07, 6.45) is 7.47. The van der Waals surface area contributed by atoms with Gasteiger partial charge in [0.05, 0.1) is 6.07 Å². The van der Waals surface area contributed by atoms with E-state index in [-0.39, 0.29) is 0 Å². The van der Waals surface area contributed by atoms with Crippen molar-refractivity contribution in [1.82, 2.24) is 5.32 Å². The maximum Gasteiger partial charge on any atom is 0.0628 e. The average Bonchev–Trinajstić information content (AvgIpc) is 3.00. The van der Waals surface area contributed by atoms with Crippen molar-refractivity contribution in [1.29, 1.82) is 5.26 Å². The average molecular weight is 192 g/mol. The van der Waals surface area contributed by atoms with Crippen molar-refractivity contribution < 1.29 is 0 Å². The molecule has 2 saturated carbocycles. The van der Waals surface area contributed by atoms with Gasteiger partial charge in [0.1, 0.15) is 0 Å². The fraction of sp³-hybridized carbons (Fsp3) is 0.917. The van der Waals surface area contributed by atoms with Crippen LogP contribution in [0.2, 0.25) is 0 Å². The van der Waals surface area contributed by atoms with Crippen LogP contribution in [0.25, 0.3) is 0 Å². The summed E-state index contributed by atoms with van der Waals surface area (Å²) < 4.78 is 0. The normalized spacial score (nSPS) is 25.4. The van der Waals surface area contributed by atoms with Gasteiger partial charge in [-0.1, -0.05) is 12.8 Å². The summed E-state index contributed by atoms with van der Waals surface area (Å²) in [5.41, 5.74) is 0.368. The van der Waals surface area contributed by atoms with E-state index >= 15 is 0 Å². The van der Waals surface area contributed by atoms with Gasteiger partial charge in [-0.3, -0.25) is 0 Å². The summed E-state index contributed by atoms with van der Waals surface area (Å²) in [6, 6.07) is 2.96. The molecule has 2 aliphatic rings. The van der Waals surface area contributed by atoms with Crippen molar-refractivity contribution in [3.05, 3.63) is 0 Å². The summed E-state index contributed by atoms with van der Waals surface area (Å²) in [7, 11) is 0. The number of hydrogen-bond donors (Lipinski definition) is 1. The molecule has 0 saturated heterocycles. The van der Waals surface area contributed by atoms with E-state index in [0.29, 0.717) is 11.5 Å². The summed E-state index contributed by atoms with van der Waals surface area (Å²) in [5.74, 6) is 1.00. The zero-order chi connectivity index (χ0) is 10.0. The van der Waals surface area contributed by atoms with Crippen LogP contribution in [0.4, 0.5) is 0 Å². The largest absolute Gasteiger partial charge is 0.314 e. The fourth-order valence-corrected chi connectivity index (χ4v) is 2.09. The number of nitrogens with one attached hydrogen (secondary N) is 1. The number of nitriles is 1. The topological polar surface area (TPSA) is 35.8 Å². The Morgan fingerprint density at radius 3 is 2.71 bits per heavy atom. The van der Waals surface area contributed by atoms with Gasteiger partial charge in [-0.25, -0.2) is 0 Å². The first-order valence-corrected chi connectivity index (χ1v) is 5.84. The molecule has 0 aromatic heterocycles. The van der Waals surface area contributed by atoms with Gasteiger partial charge in [0, 0.05) is 19.0 Å². The lowest BCUT2D eigenvalue weighted by molar-refractivity contribution is 0.405. The first kappa shape index (κ1) is 9.98. The van der Waals surface area contributed by atoms with Crippen LogP contribution in [0.1, 0.15) is 45.4 Å². The Kier molecular flexibility index (Phi) is 2.78. The molecule has 0 aromatic rings. The third-order valence-electron chi connectivity index (χ3n) is 3.62. The predicted molar refractivity (Wildman–Crippen MR) is 56.7 cm³/mol. The van der Waals surface area contributed by atoms with Crippen LogP contribution < -0.4 is 5.32 Å². The maximum absolute atomic E-state index is 8.68. The van der Waals surface area contributed by atoms with Crippen LogP contribution in [0.15, 0.2) is 0 Å². The van der Waals surface area contributed by atoms with E-state index in [1.54, 1.807) is 0 Å². The third kappa shape index (κ3) is 2.72. The summed E-state index contributed by atoms with van der Waals surface area (Å²) >= 11 is 0. The van der Waals surface area contributed by atoms with Gasteiger partial charge in [-0.15, -0.1) is 0 Å². The molecule has 14 heavy (non-hydrogen) atoms. The number of nitrogens with zero attached hydrogens (tertiary/aromatic N) is 1. The van der Waals surface area contributed by atoms with E-state index in [0.717, 1.165) is 18.9 Å². The van der Waals surface area contributed by atoms with Crippen LogP contribution in [0.5, 0.6) is 0 Å². The second kappa shape index (κ2) is 3.90. The molecule has 0 spiro atoms. The minimum Gasteiger partial charge on any atom is -0.314 e. The quantitative estimate of drug-likeness (QED) is 0.701. The monoisotopic (exact) mass is 192 g/mol. The van der Waals surface area contributed by atoms with Crippen LogP contribution in [-0.2, 0) is 0 Å². The van der Waals surface area contributed by atoms with Gasteiger partial charge in [-0.2, -0.15) is 5.26 Å². The standard InChI is InChI=1S/C12H20N2/c1-10(8-11-2-3-11)14-9-12(4-5-12)6-7-13/h10-11,14H,2-6,8-9H2,1H3. The molecule has 0 aromatic carbocycles. The van der Waals surface area contributed by atoms with Gasteiger partial charge in [-0.05, 0) is 37.5 Å². The van der Waals surface area contributed by atoms with Crippen LogP contribution in [0, 0.1) is 22.7 Å². The molecule has 0 amide bonds. The highest BCUT2D eigenvalue weighted by molar-refractivity contribution is 5.01. The lowest BCUT2D eigenvalue weighted by atomic mass is 10.0. The summed E-state index contributed by atoms with van der Waals surface area (Å²) in [5, 5.41) is 12.3. The highest BCUT2D eigenvalue weighted by Gasteiger charge is 2.42.